The number of benzene rings is 1. The molecule has 2 amide bonds. The summed E-state index contributed by atoms with van der Waals surface area (Å²) in [5.41, 5.74) is 1.34. The summed E-state index contributed by atoms with van der Waals surface area (Å²) in [6.45, 7) is 5.03. The van der Waals surface area contributed by atoms with Crippen LogP contribution in [0.15, 0.2) is 36.5 Å². The normalized spacial score (nSPS) is 21.4. The molecule has 1 saturated heterocycles. The molecule has 9 heteroatoms. The Kier molecular flexibility index (Phi) is 7.53. The number of nitrogens with zero attached hydrogens (tertiary/aromatic N) is 5. The summed E-state index contributed by atoms with van der Waals surface area (Å²) < 4.78 is 1.70. The van der Waals surface area contributed by atoms with Crippen molar-refractivity contribution in [2.24, 2.45) is 11.8 Å². The van der Waals surface area contributed by atoms with E-state index in [0.717, 1.165) is 31.4 Å². The number of hydroxylamine groups is 1. The lowest BCUT2D eigenvalue weighted by Gasteiger charge is -2.40. The second-order valence-electron chi connectivity index (χ2n) is 9.60. The zero-order valence-corrected chi connectivity index (χ0v) is 20.3. The predicted molar refractivity (Wildman–Crippen MR) is 130 cm³/mol. The van der Waals surface area contributed by atoms with Crippen molar-refractivity contribution in [3.8, 4) is 5.69 Å². The lowest BCUT2D eigenvalue weighted by atomic mass is 9.82. The van der Waals surface area contributed by atoms with Crippen molar-refractivity contribution in [1.82, 2.24) is 14.7 Å². The summed E-state index contributed by atoms with van der Waals surface area (Å²) in [6.07, 6.45) is 6.92. The highest BCUT2D eigenvalue weighted by molar-refractivity contribution is 5.97. The van der Waals surface area contributed by atoms with Crippen molar-refractivity contribution in [2.75, 3.05) is 30.1 Å². The molecule has 4 rings (SSSR count). The number of piperidine rings is 1. The van der Waals surface area contributed by atoms with Gasteiger partial charge in [-0.05, 0) is 56.6 Å². The first kappa shape index (κ1) is 24.2. The first-order valence-electron chi connectivity index (χ1n) is 12.2. The van der Waals surface area contributed by atoms with Gasteiger partial charge in [0.25, 0.3) is 0 Å². The average Bonchev–Trinajstić information content (AvgIpc) is 3.30. The fourth-order valence-electron chi connectivity index (χ4n) is 5.11. The van der Waals surface area contributed by atoms with Crippen LogP contribution in [0.5, 0.6) is 0 Å². The van der Waals surface area contributed by atoms with E-state index in [0.29, 0.717) is 43.4 Å². The molecule has 1 aliphatic heterocycles. The molecule has 1 aromatic heterocycles. The number of rotatable bonds is 6. The van der Waals surface area contributed by atoms with E-state index in [4.69, 9.17) is 5.10 Å². The maximum absolute atomic E-state index is 14.0. The Morgan fingerprint density at radius 1 is 1.06 bits per heavy atom. The summed E-state index contributed by atoms with van der Waals surface area (Å²) in [6, 6.07) is 9.55. The minimum Gasteiger partial charge on any atom is -0.343 e. The largest absolute Gasteiger partial charge is 0.343 e. The lowest BCUT2D eigenvalue weighted by molar-refractivity contribution is -0.249. The molecule has 0 bridgehead atoms. The quantitative estimate of drug-likeness (QED) is 0.510. The first-order chi connectivity index (χ1) is 16.4. The molecule has 9 nitrogen and oxygen atoms in total. The molecule has 2 aliphatic rings. The van der Waals surface area contributed by atoms with Crippen molar-refractivity contribution in [3.05, 3.63) is 36.5 Å². The molecule has 1 saturated carbocycles. The standard InChI is InChI=1S/C25H35N5O4/c1-18-9-11-20(12-10-18)25(32)30(22-13-15-28(16-14-22)19(2)31)24-23(27(3)34-33)17-29(26-24)21-7-5-4-6-8-21/h4-8,17-18,20,22,33H,9-16H2,1-3H3. The molecule has 2 aromatic rings. The van der Waals surface area contributed by atoms with Gasteiger partial charge in [0.15, 0.2) is 5.82 Å². The molecule has 1 N–H and O–H groups in total. The number of likely N-dealkylation sites (tertiary alicyclic amines) is 1. The molecule has 0 atom stereocenters. The van der Waals surface area contributed by atoms with E-state index in [1.807, 2.05) is 40.1 Å². The minimum atomic E-state index is -0.0904. The van der Waals surface area contributed by atoms with E-state index in [1.165, 1.54) is 5.06 Å². The number of para-hydroxylation sites is 1. The highest BCUT2D eigenvalue weighted by Gasteiger charge is 2.38. The van der Waals surface area contributed by atoms with Gasteiger partial charge >= 0.3 is 0 Å². The average molecular weight is 470 g/mol. The number of carbonyl (C=O) groups excluding carboxylic acids is 2. The van der Waals surface area contributed by atoms with Gasteiger partial charge in [0, 0.05) is 39.0 Å². The highest BCUT2D eigenvalue weighted by atomic mass is 17.2. The van der Waals surface area contributed by atoms with Crippen LogP contribution in [0.1, 0.15) is 52.4 Å². The Labute approximate surface area is 200 Å². The van der Waals surface area contributed by atoms with E-state index < -0.39 is 0 Å². The van der Waals surface area contributed by atoms with E-state index in [-0.39, 0.29) is 23.8 Å². The van der Waals surface area contributed by atoms with Gasteiger partial charge in [0.05, 0.1) is 11.9 Å². The Morgan fingerprint density at radius 3 is 2.29 bits per heavy atom. The van der Waals surface area contributed by atoms with Gasteiger partial charge < -0.3 is 4.90 Å². The van der Waals surface area contributed by atoms with Gasteiger partial charge in [-0.3, -0.25) is 14.5 Å². The van der Waals surface area contributed by atoms with Crippen LogP contribution in [-0.2, 0) is 14.6 Å². The third kappa shape index (κ3) is 5.10. The SMILES string of the molecule is CC(=O)N1CCC(N(C(=O)C2CCC(C)CC2)c2nn(-c3ccccc3)cc2N(C)OO)CC1. The molecule has 184 valence electrons. The van der Waals surface area contributed by atoms with Crippen LogP contribution in [0.3, 0.4) is 0 Å². The smallest absolute Gasteiger partial charge is 0.231 e. The van der Waals surface area contributed by atoms with E-state index in [9.17, 15) is 14.8 Å². The summed E-state index contributed by atoms with van der Waals surface area (Å²) >= 11 is 0. The van der Waals surface area contributed by atoms with Crippen molar-refractivity contribution < 1.29 is 19.8 Å². The number of hydrogen-bond donors (Lipinski definition) is 1. The summed E-state index contributed by atoms with van der Waals surface area (Å²) in [5.74, 6) is 1.17. The fraction of sp³-hybridized carbons (Fsp3) is 0.560. The molecule has 1 aromatic carbocycles. The number of aromatic nitrogens is 2. The van der Waals surface area contributed by atoms with Crippen molar-refractivity contribution in [2.45, 2.75) is 58.4 Å². The number of anilines is 2. The second kappa shape index (κ2) is 10.6. The first-order valence-corrected chi connectivity index (χ1v) is 12.2. The Bertz CT molecular complexity index is 978. The molecule has 34 heavy (non-hydrogen) atoms. The number of carbonyl (C=O) groups is 2. The molecular weight excluding hydrogens is 434 g/mol. The van der Waals surface area contributed by atoms with Gasteiger partial charge in [-0.2, -0.15) is 0 Å². The van der Waals surface area contributed by atoms with Crippen LogP contribution in [-0.4, -0.2) is 57.9 Å². The summed E-state index contributed by atoms with van der Waals surface area (Å²) in [5, 5.41) is 15.5. The zero-order chi connectivity index (χ0) is 24.2. The Balaban J connectivity index is 1.72. The van der Waals surface area contributed by atoms with E-state index in [2.05, 4.69) is 11.9 Å². The van der Waals surface area contributed by atoms with Gasteiger partial charge in [-0.1, -0.05) is 25.1 Å². The summed E-state index contributed by atoms with van der Waals surface area (Å²) in [4.78, 5) is 34.1. The van der Waals surface area contributed by atoms with Crippen LogP contribution >= 0.6 is 0 Å². The highest BCUT2D eigenvalue weighted by Crippen LogP contribution is 2.37. The van der Waals surface area contributed by atoms with E-state index >= 15 is 0 Å². The van der Waals surface area contributed by atoms with Gasteiger partial charge in [0.2, 0.25) is 11.8 Å². The molecule has 1 aliphatic carbocycles. The van der Waals surface area contributed by atoms with Gasteiger partial charge in [-0.25, -0.2) is 15.0 Å². The van der Waals surface area contributed by atoms with Crippen molar-refractivity contribution >= 4 is 23.3 Å². The topological polar surface area (TPSA) is 91.1 Å². The van der Waals surface area contributed by atoms with Crippen LogP contribution in [0.25, 0.3) is 5.69 Å². The van der Waals surface area contributed by atoms with Gasteiger partial charge in [-0.15, -0.1) is 10.1 Å². The van der Waals surface area contributed by atoms with Crippen LogP contribution < -0.4 is 9.96 Å². The fourth-order valence-corrected chi connectivity index (χ4v) is 5.11. The summed E-state index contributed by atoms with van der Waals surface area (Å²) in [7, 11) is 1.58. The van der Waals surface area contributed by atoms with Crippen LogP contribution in [0.4, 0.5) is 11.5 Å². The molecule has 0 radical (unpaired) electrons. The Morgan fingerprint density at radius 2 is 1.71 bits per heavy atom. The van der Waals surface area contributed by atoms with Crippen LogP contribution in [0.2, 0.25) is 0 Å². The maximum Gasteiger partial charge on any atom is 0.231 e. The van der Waals surface area contributed by atoms with Crippen molar-refractivity contribution in [3.63, 3.8) is 0 Å². The molecule has 2 fully saturated rings. The van der Waals surface area contributed by atoms with Gasteiger partial charge in [0.1, 0.15) is 5.69 Å². The molecule has 0 spiro atoms. The maximum atomic E-state index is 14.0. The Hall–Kier alpha value is -2.91. The third-order valence-corrected chi connectivity index (χ3v) is 7.26. The monoisotopic (exact) mass is 469 g/mol. The predicted octanol–water partition coefficient (Wildman–Crippen LogP) is 3.88. The third-order valence-electron chi connectivity index (χ3n) is 7.26. The minimum absolute atomic E-state index is 0.0556. The molecule has 2 heterocycles. The van der Waals surface area contributed by atoms with Crippen LogP contribution in [0, 0.1) is 11.8 Å². The number of hydrogen-bond acceptors (Lipinski definition) is 6. The molecule has 0 unspecified atom stereocenters. The lowest BCUT2D eigenvalue weighted by Crippen LogP contribution is -2.51. The zero-order valence-electron chi connectivity index (χ0n) is 20.3. The molecular formula is C25H35N5O4. The van der Waals surface area contributed by atoms with Crippen molar-refractivity contribution in [1.29, 1.82) is 0 Å². The second-order valence-corrected chi connectivity index (χ2v) is 9.60. The van der Waals surface area contributed by atoms with E-state index in [1.54, 1.807) is 24.9 Å². The number of amides is 2.